The standard InChI is InChI=1S/C33H40O5/c1-4-6-7-8-9-10-23-36-29-19-21-31(22-20-29)38-33(35)28-15-17-30(18-16-28)37-32(34)27-13-11-26(12-14-27)24-25(3)5-2/h11-22,25H,4-10,23-24H2,1-3H3. The van der Waals surface area contributed by atoms with Gasteiger partial charge in [0.15, 0.2) is 0 Å². The zero-order chi connectivity index (χ0) is 27.2. The average Bonchev–Trinajstić information content (AvgIpc) is 2.94. The molecule has 0 N–H and O–H groups in total. The van der Waals surface area contributed by atoms with Gasteiger partial charge >= 0.3 is 11.9 Å². The minimum atomic E-state index is -0.486. The first-order valence-electron chi connectivity index (χ1n) is 13.8. The molecule has 0 fully saturated rings. The van der Waals surface area contributed by atoms with Crippen LogP contribution in [-0.2, 0) is 6.42 Å². The van der Waals surface area contributed by atoms with E-state index in [1.807, 2.05) is 12.1 Å². The predicted molar refractivity (Wildman–Crippen MR) is 151 cm³/mol. The van der Waals surface area contributed by atoms with Gasteiger partial charge in [-0.05, 0) is 85.0 Å². The summed E-state index contributed by atoms with van der Waals surface area (Å²) in [7, 11) is 0. The summed E-state index contributed by atoms with van der Waals surface area (Å²) in [5.74, 6) is 1.24. The second-order valence-corrected chi connectivity index (χ2v) is 9.81. The number of hydrogen-bond donors (Lipinski definition) is 0. The highest BCUT2D eigenvalue weighted by Crippen LogP contribution is 2.21. The van der Waals surface area contributed by atoms with E-state index in [0.29, 0.717) is 35.2 Å². The fraction of sp³-hybridized carbons (Fsp3) is 0.394. The van der Waals surface area contributed by atoms with Crippen molar-refractivity contribution in [3.05, 3.63) is 89.5 Å². The SMILES string of the molecule is CCCCCCCCOc1ccc(OC(=O)c2ccc(OC(=O)c3ccc(CC(C)CC)cc3)cc2)cc1. The third kappa shape index (κ3) is 9.70. The van der Waals surface area contributed by atoms with E-state index < -0.39 is 11.9 Å². The van der Waals surface area contributed by atoms with Crippen LogP contribution in [0.1, 0.15) is 92.0 Å². The zero-order valence-corrected chi connectivity index (χ0v) is 22.9. The number of ether oxygens (including phenoxy) is 3. The Labute approximate surface area is 227 Å². The minimum absolute atomic E-state index is 0.363. The number of esters is 2. The first kappa shape index (κ1) is 29.0. The Morgan fingerprint density at radius 1 is 0.632 bits per heavy atom. The molecule has 1 atom stereocenters. The minimum Gasteiger partial charge on any atom is -0.494 e. The summed E-state index contributed by atoms with van der Waals surface area (Å²) in [4.78, 5) is 25.0. The van der Waals surface area contributed by atoms with Gasteiger partial charge in [0, 0.05) is 0 Å². The number of hydrogen-bond acceptors (Lipinski definition) is 5. The second-order valence-electron chi connectivity index (χ2n) is 9.81. The van der Waals surface area contributed by atoms with Crippen LogP contribution < -0.4 is 14.2 Å². The highest BCUT2D eigenvalue weighted by molar-refractivity contribution is 5.92. The van der Waals surface area contributed by atoms with Crippen LogP contribution in [-0.4, -0.2) is 18.5 Å². The molecular formula is C33H40O5. The molecule has 0 aliphatic heterocycles. The molecule has 38 heavy (non-hydrogen) atoms. The number of unbranched alkanes of at least 4 members (excludes halogenated alkanes) is 5. The van der Waals surface area contributed by atoms with Crippen LogP contribution >= 0.6 is 0 Å². The van der Waals surface area contributed by atoms with Crippen molar-refractivity contribution < 1.29 is 23.8 Å². The lowest BCUT2D eigenvalue weighted by Crippen LogP contribution is -2.10. The molecule has 3 aromatic rings. The topological polar surface area (TPSA) is 61.8 Å². The van der Waals surface area contributed by atoms with Crippen molar-refractivity contribution in [2.45, 2.75) is 72.1 Å². The average molecular weight is 517 g/mol. The number of carbonyl (C=O) groups is 2. The van der Waals surface area contributed by atoms with E-state index in [4.69, 9.17) is 14.2 Å². The number of benzene rings is 3. The van der Waals surface area contributed by atoms with Crippen LogP contribution in [0.4, 0.5) is 0 Å². The number of carbonyl (C=O) groups excluding carboxylic acids is 2. The highest BCUT2D eigenvalue weighted by Gasteiger charge is 2.12. The van der Waals surface area contributed by atoms with E-state index in [0.717, 1.165) is 25.0 Å². The maximum atomic E-state index is 12.5. The fourth-order valence-electron chi connectivity index (χ4n) is 3.99. The van der Waals surface area contributed by atoms with Crippen LogP contribution in [0.15, 0.2) is 72.8 Å². The van der Waals surface area contributed by atoms with E-state index in [9.17, 15) is 9.59 Å². The molecule has 0 aliphatic carbocycles. The summed E-state index contributed by atoms with van der Waals surface area (Å²) in [6.45, 7) is 7.29. The monoisotopic (exact) mass is 516 g/mol. The van der Waals surface area contributed by atoms with E-state index in [-0.39, 0.29) is 0 Å². The quantitative estimate of drug-likeness (QED) is 0.115. The largest absolute Gasteiger partial charge is 0.494 e. The Morgan fingerprint density at radius 2 is 1.11 bits per heavy atom. The van der Waals surface area contributed by atoms with Crippen LogP contribution in [0.2, 0.25) is 0 Å². The van der Waals surface area contributed by atoms with Crippen molar-refractivity contribution in [3.8, 4) is 17.2 Å². The summed E-state index contributed by atoms with van der Waals surface area (Å²) in [6.07, 6.45) is 9.42. The molecule has 0 saturated carbocycles. The van der Waals surface area contributed by atoms with Crippen LogP contribution in [0, 0.1) is 5.92 Å². The molecule has 0 saturated heterocycles. The maximum absolute atomic E-state index is 12.5. The molecule has 1 unspecified atom stereocenters. The Balaban J connectivity index is 1.44. The molecule has 0 heterocycles. The molecule has 5 nitrogen and oxygen atoms in total. The van der Waals surface area contributed by atoms with Gasteiger partial charge in [-0.25, -0.2) is 9.59 Å². The Morgan fingerprint density at radius 3 is 1.66 bits per heavy atom. The van der Waals surface area contributed by atoms with Gasteiger partial charge in [-0.1, -0.05) is 71.4 Å². The summed E-state index contributed by atoms with van der Waals surface area (Å²) in [6, 6.07) is 20.9. The van der Waals surface area contributed by atoms with Crippen molar-refractivity contribution >= 4 is 11.9 Å². The second kappa shape index (κ2) is 15.6. The predicted octanol–water partition coefficient (Wildman–Crippen LogP) is 8.45. The van der Waals surface area contributed by atoms with Gasteiger partial charge in [0.25, 0.3) is 0 Å². The molecule has 3 rings (SSSR count). The van der Waals surface area contributed by atoms with Gasteiger partial charge in [-0.2, -0.15) is 0 Å². The Hall–Kier alpha value is -3.60. The molecule has 0 aliphatic rings. The summed E-state index contributed by atoms with van der Waals surface area (Å²) in [5, 5.41) is 0. The lowest BCUT2D eigenvalue weighted by atomic mass is 9.98. The van der Waals surface area contributed by atoms with Crippen molar-refractivity contribution in [1.82, 2.24) is 0 Å². The third-order valence-electron chi connectivity index (χ3n) is 6.57. The molecule has 0 aromatic heterocycles. The Kier molecular flexibility index (Phi) is 11.9. The van der Waals surface area contributed by atoms with E-state index in [1.165, 1.54) is 37.7 Å². The van der Waals surface area contributed by atoms with Gasteiger partial charge in [0.05, 0.1) is 17.7 Å². The molecular weight excluding hydrogens is 476 g/mol. The normalized spacial score (nSPS) is 11.6. The molecule has 0 bridgehead atoms. The molecule has 0 radical (unpaired) electrons. The first-order valence-corrected chi connectivity index (χ1v) is 13.8. The molecule has 0 amide bonds. The van der Waals surface area contributed by atoms with Crippen molar-refractivity contribution in [2.24, 2.45) is 5.92 Å². The van der Waals surface area contributed by atoms with Gasteiger partial charge in [0.2, 0.25) is 0 Å². The molecule has 0 spiro atoms. The molecule has 202 valence electrons. The van der Waals surface area contributed by atoms with E-state index in [1.54, 1.807) is 60.7 Å². The smallest absolute Gasteiger partial charge is 0.343 e. The third-order valence-corrected chi connectivity index (χ3v) is 6.57. The first-order chi connectivity index (χ1) is 18.5. The van der Waals surface area contributed by atoms with E-state index in [2.05, 4.69) is 20.8 Å². The van der Waals surface area contributed by atoms with Gasteiger partial charge in [-0.3, -0.25) is 0 Å². The summed E-state index contributed by atoms with van der Waals surface area (Å²) < 4.78 is 16.7. The lowest BCUT2D eigenvalue weighted by Gasteiger charge is -2.09. The van der Waals surface area contributed by atoms with Gasteiger partial charge in [-0.15, -0.1) is 0 Å². The van der Waals surface area contributed by atoms with Crippen LogP contribution in [0.5, 0.6) is 17.2 Å². The van der Waals surface area contributed by atoms with Crippen LogP contribution in [0.3, 0.4) is 0 Å². The van der Waals surface area contributed by atoms with Gasteiger partial charge in [0.1, 0.15) is 17.2 Å². The molecule has 5 heteroatoms. The summed E-state index contributed by atoms with van der Waals surface area (Å²) >= 11 is 0. The van der Waals surface area contributed by atoms with Crippen molar-refractivity contribution in [2.75, 3.05) is 6.61 Å². The summed E-state index contributed by atoms with van der Waals surface area (Å²) in [5.41, 5.74) is 2.05. The lowest BCUT2D eigenvalue weighted by molar-refractivity contribution is 0.0730. The molecule has 3 aromatic carbocycles. The van der Waals surface area contributed by atoms with Crippen LogP contribution in [0.25, 0.3) is 0 Å². The number of rotatable bonds is 15. The fourth-order valence-corrected chi connectivity index (χ4v) is 3.99. The van der Waals surface area contributed by atoms with Gasteiger partial charge < -0.3 is 14.2 Å². The Bertz CT molecular complexity index is 1120. The zero-order valence-electron chi connectivity index (χ0n) is 22.9. The maximum Gasteiger partial charge on any atom is 0.343 e. The highest BCUT2D eigenvalue weighted by atomic mass is 16.5. The van der Waals surface area contributed by atoms with Crippen molar-refractivity contribution in [1.29, 1.82) is 0 Å². The van der Waals surface area contributed by atoms with Crippen molar-refractivity contribution in [3.63, 3.8) is 0 Å². The van der Waals surface area contributed by atoms with E-state index >= 15 is 0 Å².